The van der Waals surface area contributed by atoms with Crippen molar-refractivity contribution in [2.24, 2.45) is 0 Å². The van der Waals surface area contributed by atoms with Gasteiger partial charge >= 0.3 is 0 Å². The first kappa shape index (κ1) is 20.8. The smallest absolute Gasteiger partial charge is 0.138 e. The van der Waals surface area contributed by atoms with Crippen LogP contribution in [0.15, 0.2) is 85.1 Å². The van der Waals surface area contributed by atoms with E-state index >= 15 is 0 Å². The minimum Gasteiger partial charge on any atom is -0.497 e. The molecule has 0 spiro atoms. The van der Waals surface area contributed by atoms with E-state index in [1.54, 1.807) is 13.3 Å². The maximum atomic E-state index is 9.75. The molecule has 3 aromatic carbocycles. The van der Waals surface area contributed by atoms with E-state index in [4.69, 9.17) is 9.47 Å². The van der Waals surface area contributed by atoms with Gasteiger partial charge < -0.3 is 19.9 Å². The third kappa shape index (κ3) is 5.40. The normalized spacial score (nSPS) is 11.9. The minimum atomic E-state index is -0.0106. The van der Waals surface area contributed by atoms with Gasteiger partial charge in [-0.2, -0.15) is 0 Å². The second kappa shape index (κ2) is 10.1. The molecule has 1 aromatic heterocycles. The number of pyridine rings is 1. The number of benzene rings is 3. The predicted molar refractivity (Wildman–Crippen MR) is 123 cm³/mol. The zero-order chi connectivity index (χ0) is 21.5. The van der Waals surface area contributed by atoms with E-state index in [0.29, 0.717) is 0 Å². The molecular weight excluding hydrogens is 388 g/mol. The van der Waals surface area contributed by atoms with Crippen molar-refractivity contribution < 1.29 is 14.6 Å². The van der Waals surface area contributed by atoms with Crippen LogP contribution in [-0.4, -0.2) is 29.8 Å². The van der Waals surface area contributed by atoms with Crippen LogP contribution in [0.1, 0.15) is 11.1 Å². The fraction of sp³-hybridized carbons (Fsp3) is 0.192. The van der Waals surface area contributed by atoms with E-state index in [9.17, 15) is 5.11 Å². The maximum Gasteiger partial charge on any atom is 0.138 e. The molecule has 4 aromatic rings. The Labute approximate surface area is 182 Å². The second-order valence-electron chi connectivity index (χ2n) is 7.39. The topological polar surface area (TPSA) is 63.6 Å². The van der Waals surface area contributed by atoms with Crippen molar-refractivity contribution >= 4 is 10.9 Å². The Morgan fingerprint density at radius 2 is 1.68 bits per heavy atom. The highest BCUT2D eigenvalue weighted by Gasteiger charge is 2.10. The average molecular weight is 415 g/mol. The molecule has 0 aliphatic heterocycles. The highest BCUT2D eigenvalue weighted by Crippen LogP contribution is 2.31. The van der Waals surface area contributed by atoms with E-state index < -0.39 is 0 Å². The molecule has 0 saturated carbocycles. The molecule has 0 aliphatic carbocycles. The van der Waals surface area contributed by atoms with Gasteiger partial charge in [-0.1, -0.05) is 42.5 Å². The van der Waals surface area contributed by atoms with E-state index in [0.717, 1.165) is 46.7 Å². The summed E-state index contributed by atoms with van der Waals surface area (Å²) in [5, 5.41) is 14.1. The van der Waals surface area contributed by atoms with Crippen molar-refractivity contribution in [1.29, 1.82) is 0 Å². The first-order valence-electron chi connectivity index (χ1n) is 10.3. The molecule has 0 bridgehead atoms. The van der Waals surface area contributed by atoms with Crippen molar-refractivity contribution in [2.45, 2.75) is 19.0 Å². The largest absolute Gasteiger partial charge is 0.497 e. The molecule has 4 rings (SSSR count). The summed E-state index contributed by atoms with van der Waals surface area (Å²) in [4.78, 5) is 4.39. The third-order valence-corrected chi connectivity index (χ3v) is 5.20. The molecule has 0 amide bonds. The molecule has 0 unspecified atom stereocenters. The Morgan fingerprint density at radius 1 is 0.903 bits per heavy atom. The van der Waals surface area contributed by atoms with Crippen LogP contribution in [0.4, 0.5) is 0 Å². The molecule has 158 valence electrons. The van der Waals surface area contributed by atoms with E-state index in [2.05, 4.69) is 22.4 Å². The first-order valence-corrected chi connectivity index (χ1v) is 10.3. The van der Waals surface area contributed by atoms with Gasteiger partial charge in [0.15, 0.2) is 0 Å². The molecule has 0 aliphatic rings. The Balaban J connectivity index is 1.42. The van der Waals surface area contributed by atoms with Gasteiger partial charge in [0.05, 0.1) is 19.2 Å². The molecule has 0 fully saturated rings. The molecule has 2 N–H and O–H groups in total. The van der Waals surface area contributed by atoms with Gasteiger partial charge in [-0.05, 0) is 53.9 Å². The summed E-state index contributed by atoms with van der Waals surface area (Å²) in [6, 6.07) is 25.7. The molecule has 31 heavy (non-hydrogen) atoms. The third-order valence-electron chi connectivity index (χ3n) is 5.20. The Morgan fingerprint density at radius 3 is 2.42 bits per heavy atom. The lowest BCUT2D eigenvalue weighted by atomic mass is 10.1. The Bertz CT molecular complexity index is 1110. The van der Waals surface area contributed by atoms with Crippen LogP contribution in [0.3, 0.4) is 0 Å². The molecule has 1 atom stereocenters. The summed E-state index contributed by atoms with van der Waals surface area (Å²) in [6.07, 6.45) is 2.47. The van der Waals surface area contributed by atoms with Crippen LogP contribution >= 0.6 is 0 Å². The lowest BCUT2D eigenvalue weighted by Gasteiger charge is -2.17. The van der Waals surface area contributed by atoms with Crippen molar-refractivity contribution in [2.75, 3.05) is 13.7 Å². The lowest BCUT2D eigenvalue weighted by Crippen LogP contribution is -2.34. The van der Waals surface area contributed by atoms with Crippen LogP contribution in [0, 0.1) is 0 Å². The van der Waals surface area contributed by atoms with Gasteiger partial charge in [0.1, 0.15) is 17.2 Å². The number of hydrogen-bond acceptors (Lipinski definition) is 5. The maximum absolute atomic E-state index is 9.75. The summed E-state index contributed by atoms with van der Waals surface area (Å²) >= 11 is 0. The number of nitrogens with one attached hydrogen (secondary N) is 1. The molecule has 5 nitrogen and oxygen atoms in total. The van der Waals surface area contributed by atoms with Crippen molar-refractivity contribution in [3.63, 3.8) is 0 Å². The summed E-state index contributed by atoms with van der Waals surface area (Å²) in [7, 11) is 1.64. The molecule has 5 heteroatoms. The SMILES string of the molecule is COc1ccc2nccc(Oc3ccc(C[C@@H](CO)NCc4ccccc4)cc3)c2c1. The number of aromatic nitrogens is 1. The van der Waals surface area contributed by atoms with Crippen LogP contribution in [-0.2, 0) is 13.0 Å². The molecule has 0 saturated heterocycles. The van der Waals surface area contributed by atoms with Gasteiger partial charge in [-0.25, -0.2) is 0 Å². The number of fused-ring (bicyclic) bond motifs is 1. The number of ether oxygens (including phenoxy) is 2. The fourth-order valence-electron chi connectivity index (χ4n) is 3.48. The van der Waals surface area contributed by atoms with Crippen molar-refractivity contribution in [3.05, 3.63) is 96.2 Å². The summed E-state index contributed by atoms with van der Waals surface area (Å²) < 4.78 is 11.5. The number of aliphatic hydroxyl groups is 1. The van der Waals surface area contributed by atoms with Crippen LogP contribution in [0.5, 0.6) is 17.2 Å². The Hall–Kier alpha value is -3.41. The van der Waals surface area contributed by atoms with Crippen molar-refractivity contribution in [1.82, 2.24) is 10.3 Å². The number of hydrogen-bond donors (Lipinski definition) is 2. The standard InChI is InChI=1S/C26H26N2O3/c1-30-23-11-12-25-24(16-23)26(13-14-27-25)31-22-9-7-19(8-10-22)15-21(18-29)28-17-20-5-3-2-4-6-20/h2-14,16,21,28-29H,15,17-18H2,1H3/t21-/m0/s1. The van der Waals surface area contributed by atoms with Gasteiger partial charge in [-0.3, -0.25) is 4.98 Å². The van der Waals surface area contributed by atoms with E-state index in [1.807, 2.05) is 66.7 Å². The fourth-order valence-corrected chi connectivity index (χ4v) is 3.48. The number of aliphatic hydroxyl groups excluding tert-OH is 1. The van der Waals surface area contributed by atoms with Crippen LogP contribution < -0.4 is 14.8 Å². The second-order valence-corrected chi connectivity index (χ2v) is 7.39. The highest BCUT2D eigenvalue weighted by molar-refractivity contribution is 5.86. The van der Waals surface area contributed by atoms with Gasteiger partial charge in [-0.15, -0.1) is 0 Å². The van der Waals surface area contributed by atoms with Crippen LogP contribution in [0.2, 0.25) is 0 Å². The van der Waals surface area contributed by atoms with Crippen LogP contribution in [0.25, 0.3) is 10.9 Å². The molecular formula is C26H26N2O3. The van der Waals surface area contributed by atoms with Crippen molar-refractivity contribution in [3.8, 4) is 17.2 Å². The summed E-state index contributed by atoms with van der Waals surface area (Å²) in [5.41, 5.74) is 3.18. The average Bonchev–Trinajstić information content (AvgIpc) is 2.83. The highest BCUT2D eigenvalue weighted by atomic mass is 16.5. The number of rotatable bonds is 9. The summed E-state index contributed by atoms with van der Waals surface area (Å²) in [6.45, 7) is 0.807. The number of nitrogens with zero attached hydrogens (tertiary/aromatic N) is 1. The molecule has 0 radical (unpaired) electrons. The molecule has 1 heterocycles. The van der Waals surface area contributed by atoms with Gasteiger partial charge in [0, 0.05) is 24.2 Å². The predicted octanol–water partition coefficient (Wildman–Crippen LogP) is 4.73. The van der Waals surface area contributed by atoms with Gasteiger partial charge in [0.2, 0.25) is 0 Å². The first-order chi connectivity index (χ1) is 15.2. The van der Waals surface area contributed by atoms with E-state index in [-0.39, 0.29) is 12.6 Å². The summed E-state index contributed by atoms with van der Waals surface area (Å²) in [5.74, 6) is 2.24. The van der Waals surface area contributed by atoms with Gasteiger partial charge in [0.25, 0.3) is 0 Å². The number of methoxy groups -OCH3 is 1. The lowest BCUT2D eigenvalue weighted by molar-refractivity contribution is 0.241. The van der Waals surface area contributed by atoms with E-state index in [1.165, 1.54) is 5.56 Å². The Kier molecular flexibility index (Phi) is 6.77. The minimum absolute atomic E-state index is 0.0106. The quantitative estimate of drug-likeness (QED) is 0.415. The zero-order valence-corrected chi connectivity index (χ0v) is 17.5. The zero-order valence-electron chi connectivity index (χ0n) is 17.5. The monoisotopic (exact) mass is 414 g/mol.